The smallest absolute Gasteiger partial charge is 0.0747 e. The van der Waals surface area contributed by atoms with Crippen LogP contribution in [-0.4, -0.2) is 12.7 Å². The molecule has 2 fully saturated rings. The van der Waals surface area contributed by atoms with Crippen molar-refractivity contribution in [2.75, 3.05) is 6.61 Å². The average Bonchev–Trinajstić information content (AvgIpc) is 2.67. The molecule has 1 aliphatic heterocycles. The fraction of sp³-hybridized carbons (Fsp3) is 0.917. The third-order valence-electron chi connectivity index (χ3n) is 3.67. The fourth-order valence-corrected chi connectivity index (χ4v) is 2.78. The lowest BCUT2D eigenvalue weighted by Gasteiger charge is -2.25. The predicted molar refractivity (Wildman–Crippen MR) is 54.7 cm³/mol. The Labute approximate surface area is 86.2 Å². The fourth-order valence-electron chi connectivity index (χ4n) is 2.78. The molecule has 0 spiro atoms. The van der Waals surface area contributed by atoms with Crippen molar-refractivity contribution in [3.8, 4) is 6.07 Å². The van der Waals surface area contributed by atoms with Crippen LogP contribution in [0.4, 0.5) is 0 Å². The monoisotopic (exact) mass is 193 g/mol. The van der Waals surface area contributed by atoms with Crippen LogP contribution in [0.1, 0.15) is 44.9 Å². The average molecular weight is 193 g/mol. The highest BCUT2D eigenvalue weighted by atomic mass is 16.5. The van der Waals surface area contributed by atoms with Gasteiger partial charge in [-0.3, -0.25) is 0 Å². The van der Waals surface area contributed by atoms with Crippen molar-refractivity contribution in [2.45, 2.75) is 51.0 Å². The minimum absolute atomic E-state index is 0.178. The number of hydrogen-bond acceptors (Lipinski definition) is 2. The van der Waals surface area contributed by atoms with Crippen LogP contribution >= 0.6 is 0 Å². The summed E-state index contributed by atoms with van der Waals surface area (Å²) in [6, 6.07) is 2.38. The molecule has 2 aliphatic rings. The molecule has 1 aliphatic carbocycles. The Morgan fingerprint density at radius 2 is 1.93 bits per heavy atom. The van der Waals surface area contributed by atoms with Gasteiger partial charge in [0, 0.05) is 6.61 Å². The zero-order valence-corrected chi connectivity index (χ0v) is 8.74. The second kappa shape index (κ2) is 4.79. The van der Waals surface area contributed by atoms with Crippen LogP contribution in [0, 0.1) is 23.2 Å². The van der Waals surface area contributed by atoms with Crippen LogP contribution in [0.5, 0.6) is 0 Å². The van der Waals surface area contributed by atoms with Crippen molar-refractivity contribution in [2.24, 2.45) is 11.8 Å². The van der Waals surface area contributed by atoms with E-state index in [2.05, 4.69) is 6.07 Å². The van der Waals surface area contributed by atoms with E-state index in [0.29, 0.717) is 0 Å². The number of nitrogens with zero attached hydrogens (tertiary/aromatic N) is 1. The van der Waals surface area contributed by atoms with Gasteiger partial charge in [0.25, 0.3) is 0 Å². The van der Waals surface area contributed by atoms with Gasteiger partial charge in [-0.15, -0.1) is 0 Å². The predicted octanol–water partition coefficient (Wildman–Crippen LogP) is 2.89. The highest BCUT2D eigenvalue weighted by Gasteiger charge is 2.30. The molecule has 0 amide bonds. The van der Waals surface area contributed by atoms with Gasteiger partial charge in [-0.1, -0.05) is 32.1 Å². The molecule has 0 aromatic rings. The minimum atomic E-state index is 0.178. The van der Waals surface area contributed by atoms with E-state index >= 15 is 0 Å². The SMILES string of the molecule is N#CC1CCOC1CC1CCCCC1. The maximum absolute atomic E-state index is 8.94. The summed E-state index contributed by atoms with van der Waals surface area (Å²) in [4.78, 5) is 0. The number of nitriles is 1. The van der Waals surface area contributed by atoms with Crippen LogP contribution in [0.15, 0.2) is 0 Å². The Morgan fingerprint density at radius 3 is 2.64 bits per heavy atom. The summed E-state index contributed by atoms with van der Waals surface area (Å²) in [6.45, 7) is 0.801. The van der Waals surface area contributed by atoms with Gasteiger partial charge in [0.15, 0.2) is 0 Å². The van der Waals surface area contributed by atoms with Crippen molar-refractivity contribution in [3.63, 3.8) is 0 Å². The van der Waals surface area contributed by atoms with Gasteiger partial charge < -0.3 is 4.74 Å². The van der Waals surface area contributed by atoms with E-state index < -0.39 is 0 Å². The maximum atomic E-state index is 8.94. The molecule has 1 heterocycles. The van der Waals surface area contributed by atoms with E-state index in [4.69, 9.17) is 10.00 Å². The Balaban J connectivity index is 1.81. The Bertz CT molecular complexity index is 215. The number of hydrogen-bond donors (Lipinski definition) is 0. The molecular weight excluding hydrogens is 174 g/mol. The zero-order valence-electron chi connectivity index (χ0n) is 8.74. The van der Waals surface area contributed by atoms with E-state index in [0.717, 1.165) is 25.4 Å². The summed E-state index contributed by atoms with van der Waals surface area (Å²) >= 11 is 0. The molecule has 2 nitrogen and oxygen atoms in total. The van der Waals surface area contributed by atoms with E-state index in [1.165, 1.54) is 32.1 Å². The van der Waals surface area contributed by atoms with Gasteiger partial charge in [0.05, 0.1) is 18.1 Å². The lowest BCUT2D eigenvalue weighted by Crippen LogP contribution is -2.20. The van der Waals surface area contributed by atoms with E-state index in [9.17, 15) is 0 Å². The summed E-state index contributed by atoms with van der Waals surface area (Å²) in [5.74, 6) is 1.01. The van der Waals surface area contributed by atoms with Crippen molar-refractivity contribution in [1.29, 1.82) is 5.26 Å². The minimum Gasteiger partial charge on any atom is -0.377 e. The lowest BCUT2D eigenvalue weighted by atomic mass is 9.83. The molecule has 2 unspecified atom stereocenters. The molecule has 0 bridgehead atoms. The molecule has 2 rings (SSSR count). The Hall–Kier alpha value is -0.550. The van der Waals surface area contributed by atoms with Crippen molar-refractivity contribution < 1.29 is 4.74 Å². The first-order chi connectivity index (χ1) is 6.90. The molecule has 1 saturated carbocycles. The molecule has 2 atom stereocenters. The van der Waals surface area contributed by atoms with Gasteiger partial charge in [0.2, 0.25) is 0 Å². The van der Waals surface area contributed by atoms with Crippen LogP contribution < -0.4 is 0 Å². The van der Waals surface area contributed by atoms with E-state index in [1.54, 1.807) is 0 Å². The van der Waals surface area contributed by atoms with Crippen LogP contribution in [0.2, 0.25) is 0 Å². The van der Waals surface area contributed by atoms with Crippen molar-refractivity contribution in [3.05, 3.63) is 0 Å². The van der Waals surface area contributed by atoms with Crippen molar-refractivity contribution in [1.82, 2.24) is 0 Å². The molecule has 2 heteroatoms. The first kappa shape index (κ1) is 9.98. The Morgan fingerprint density at radius 1 is 1.14 bits per heavy atom. The van der Waals surface area contributed by atoms with Gasteiger partial charge >= 0.3 is 0 Å². The molecular formula is C12H19NO. The molecule has 14 heavy (non-hydrogen) atoms. The molecule has 0 N–H and O–H groups in total. The van der Waals surface area contributed by atoms with Gasteiger partial charge in [0.1, 0.15) is 0 Å². The largest absolute Gasteiger partial charge is 0.377 e. The third kappa shape index (κ3) is 2.27. The summed E-state index contributed by atoms with van der Waals surface area (Å²) < 4.78 is 5.64. The number of rotatable bonds is 2. The quantitative estimate of drug-likeness (QED) is 0.675. The normalized spacial score (nSPS) is 34.2. The standard InChI is InChI=1S/C12H19NO/c13-9-11-6-7-14-12(11)8-10-4-2-1-3-5-10/h10-12H,1-8H2. The third-order valence-corrected chi connectivity index (χ3v) is 3.67. The molecule has 0 radical (unpaired) electrons. The first-order valence-electron chi connectivity index (χ1n) is 5.91. The summed E-state index contributed by atoms with van der Waals surface area (Å²) in [7, 11) is 0. The molecule has 1 saturated heterocycles. The van der Waals surface area contributed by atoms with Gasteiger partial charge in [-0.05, 0) is 18.8 Å². The molecule has 0 aromatic carbocycles. The second-order valence-corrected chi connectivity index (χ2v) is 4.67. The van der Waals surface area contributed by atoms with Crippen molar-refractivity contribution >= 4 is 0 Å². The van der Waals surface area contributed by atoms with Crippen LogP contribution in [-0.2, 0) is 4.74 Å². The molecule has 0 aromatic heterocycles. The zero-order chi connectivity index (χ0) is 9.80. The maximum Gasteiger partial charge on any atom is 0.0747 e. The summed E-state index contributed by atoms with van der Waals surface area (Å²) in [6.07, 6.45) is 9.23. The second-order valence-electron chi connectivity index (χ2n) is 4.67. The first-order valence-corrected chi connectivity index (χ1v) is 5.91. The van der Waals surface area contributed by atoms with Gasteiger partial charge in [-0.25, -0.2) is 0 Å². The summed E-state index contributed by atoms with van der Waals surface area (Å²) in [5.41, 5.74) is 0. The highest BCUT2D eigenvalue weighted by Crippen LogP contribution is 2.32. The molecule has 78 valence electrons. The Kier molecular flexibility index (Phi) is 3.42. The topological polar surface area (TPSA) is 33.0 Å². The van der Waals surface area contributed by atoms with Gasteiger partial charge in [-0.2, -0.15) is 5.26 Å². The number of ether oxygens (including phenoxy) is 1. The summed E-state index contributed by atoms with van der Waals surface area (Å²) in [5, 5.41) is 8.94. The van der Waals surface area contributed by atoms with E-state index in [1.807, 2.05) is 0 Å². The van der Waals surface area contributed by atoms with Crippen LogP contribution in [0.25, 0.3) is 0 Å². The van der Waals surface area contributed by atoms with E-state index in [-0.39, 0.29) is 12.0 Å². The van der Waals surface area contributed by atoms with Crippen LogP contribution in [0.3, 0.4) is 0 Å². The highest BCUT2D eigenvalue weighted by molar-refractivity contribution is 4.93. The lowest BCUT2D eigenvalue weighted by molar-refractivity contribution is 0.0724.